The van der Waals surface area contributed by atoms with E-state index < -0.39 is 5.92 Å². The monoisotopic (exact) mass is 601 g/mol. The summed E-state index contributed by atoms with van der Waals surface area (Å²) in [6.45, 7) is 1.42. The third kappa shape index (κ3) is 6.00. The van der Waals surface area contributed by atoms with Crippen molar-refractivity contribution in [3.63, 3.8) is 0 Å². The van der Waals surface area contributed by atoms with Crippen molar-refractivity contribution in [1.29, 1.82) is 5.26 Å². The molecule has 0 fully saturated rings. The first-order chi connectivity index (χ1) is 20.3. The summed E-state index contributed by atoms with van der Waals surface area (Å²) in [7, 11) is 1.56. The van der Waals surface area contributed by atoms with Crippen LogP contribution < -0.4 is 26.0 Å². The normalized spacial score (nSPS) is 16.5. The average molecular weight is 602 g/mol. The Labute approximate surface area is 250 Å². The number of hydrogen-bond acceptors (Lipinski definition) is 11. The summed E-state index contributed by atoms with van der Waals surface area (Å²) in [5.74, 6) is -0.153. The second-order valence-electron chi connectivity index (χ2n) is 9.54. The quantitative estimate of drug-likeness (QED) is 0.312. The summed E-state index contributed by atoms with van der Waals surface area (Å²) in [4.78, 5) is 38.7. The molecule has 1 unspecified atom stereocenters. The topological polar surface area (TPSA) is 163 Å². The van der Waals surface area contributed by atoms with Gasteiger partial charge in [0, 0.05) is 36.0 Å². The van der Waals surface area contributed by atoms with Crippen molar-refractivity contribution in [2.24, 2.45) is 5.73 Å². The minimum atomic E-state index is -0.609. The number of methoxy groups -OCH3 is 1. The molecule has 0 saturated heterocycles. The first-order valence-electron chi connectivity index (χ1n) is 13.0. The second-order valence-corrected chi connectivity index (χ2v) is 11.7. The highest BCUT2D eigenvalue weighted by molar-refractivity contribution is 8.01. The molecule has 3 aromatic rings. The van der Waals surface area contributed by atoms with E-state index in [4.69, 9.17) is 10.5 Å². The van der Waals surface area contributed by atoms with Gasteiger partial charge in [-0.05, 0) is 54.8 Å². The number of nitrogens with zero attached hydrogens (tertiary/aromatic N) is 4. The molecular weight excluding hydrogens is 574 g/mol. The lowest BCUT2D eigenvalue weighted by Gasteiger charge is -2.38. The first-order valence-corrected chi connectivity index (χ1v) is 14.8. The van der Waals surface area contributed by atoms with Gasteiger partial charge in [0.05, 0.1) is 30.4 Å². The Bertz CT molecular complexity index is 1660. The number of thioether (sulfide) groups is 1. The van der Waals surface area contributed by atoms with Crippen LogP contribution in [0.4, 0.5) is 16.5 Å². The summed E-state index contributed by atoms with van der Waals surface area (Å²) >= 11 is 2.44. The van der Waals surface area contributed by atoms with Gasteiger partial charge in [-0.3, -0.25) is 19.3 Å². The Kier molecular flexibility index (Phi) is 8.56. The highest BCUT2D eigenvalue weighted by atomic mass is 32.2. The molecule has 0 spiro atoms. The Morgan fingerprint density at radius 2 is 1.90 bits per heavy atom. The van der Waals surface area contributed by atoms with Crippen molar-refractivity contribution >= 4 is 57.2 Å². The number of ketones is 1. The summed E-state index contributed by atoms with van der Waals surface area (Å²) < 4.78 is 5.92. The number of carbonyl (C=O) groups is 3. The smallest absolute Gasteiger partial charge is 0.234 e. The molecule has 42 heavy (non-hydrogen) atoms. The first kappa shape index (κ1) is 28.8. The molecule has 4 N–H and O–H groups in total. The molecule has 5 rings (SSSR count). The predicted octanol–water partition coefficient (Wildman–Crippen LogP) is 4.54. The molecule has 2 aromatic carbocycles. The number of rotatable bonds is 8. The molecule has 2 aliphatic rings. The van der Waals surface area contributed by atoms with Crippen LogP contribution in [0.2, 0.25) is 0 Å². The van der Waals surface area contributed by atoms with Gasteiger partial charge in [0.2, 0.25) is 16.9 Å². The van der Waals surface area contributed by atoms with Crippen LogP contribution >= 0.6 is 23.1 Å². The van der Waals surface area contributed by atoms with Crippen molar-refractivity contribution in [3.8, 4) is 11.8 Å². The minimum absolute atomic E-state index is 0.0322. The zero-order chi connectivity index (χ0) is 29.8. The zero-order valence-electron chi connectivity index (χ0n) is 22.8. The van der Waals surface area contributed by atoms with Crippen LogP contribution in [0.25, 0.3) is 0 Å². The van der Waals surface area contributed by atoms with E-state index in [0.29, 0.717) is 57.1 Å². The SMILES string of the molecule is COc1cccc(C2C(C#N)=C(N)N(c3nnc(SCC(=O)Nc4ccc(NC(C)=O)cc4)s3)C3=C2C(=O)CCC3)c1. The van der Waals surface area contributed by atoms with Crippen LogP contribution in [0.15, 0.2) is 75.5 Å². The van der Waals surface area contributed by atoms with Gasteiger partial charge >= 0.3 is 0 Å². The van der Waals surface area contributed by atoms with Gasteiger partial charge in [-0.2, -0.15) is 5.26 Å². The molecule has 13 heteroatoms. The zero-order valence-corrected chi connectivity index (χ0v) is 24.5. The molecule has 2 amide bonds. The maximum absolute atomic E-state index is 13.3. The van der Waals surface area contributed by atoms with Gasteiger partial charge in [0.1, 0.15) is 11.6 Å². The van der Waals surface area contributed by atoms with E-state index >= 15 is 0 Å². The number of anilines is 3. The van der Waals surface area contributed by atoms with E-state index in [2.05, 4.69) is 26.9 Å². The molecule has 1 aliphatic heterocycles. The Morgan fingerprint density at radius 3 is 2.60 bits per heavy atom. The molecule has 11 nitrogen and oxygen atoms in total. The number of amides is 2. The number of hydrogen-bond donors (Lipinski definition) is 3. The third-order valence-electron chi connectivity index (χ3n) is 6.74. The largest absolute Gasteiger partial charge is 0.497 e. The minimum Gasteiger partial charge on any atom is -0.497 e. The molecule has 0 radical (unpaired) electrons. The van der Waals surface area contributed by atoms with Crippen LogP contribution in [0.5, 0.6) is 5.75 Å². The number of Topliss-reactive ketones (excluding diaryl/α,β-unsaturated/α-hetero) is 1. The van der Waals surface area contributed by atoms with Crippen molar-refractivity contribution < 1.29 is 19.1 Å². The van der Waals surface area contributed by atoms with Crippen LogP contribution in [0, 0.1) is 11.3 Å². The van der Waals surface area contributed by atoms with Gasteiger partial charge in [-0.25, -0.2) is 0 Å². The lowest BCUT2D eigenvalue weighted by molar-refractivity contribution is -0.116. The van der Waals surface area contributed by atoms with Gasteiger partial charge in [-0.15, -0.1) is 10.2 Å². The van der Waals surface area contributed by atoms with E-state index in [1.165, 1.54) is 30.0 Å². The Hall–Kier alpha value is -4.67. The average Bonchev–Trinajstić information content (AvgIpc) is 3.45. The van der Waals surface area contributed by atoms with Crippen molar-refractivity contribution in [2.75, 3.05) is 28.4 Å². The van der Waals surface area contributed by atoms with Gasteiger partial charge in [-0.1, -0.05) is 35.2 Å². The van der Waals surface area contributed by atoms with E-state index in [1.54, 1.807) is 42.3 Å². The summed E-state index contributed by atoms with van der Waals surface area (Å²) in [6.07, 6.45) is 1.63. The fraction of sp³-hybridized carbons (Fsp3) is 0.241. The van der Waals surface area contributed by atoms with E-state index in [0.717, 1.165) is 5.56 Å². The van der Waals surface area contributed by atoms with Crippen LogP contribution in [0.3, 0.4) is 0 Å². The molecule has 0 saturated carbocycles. The van der Waals surface area contributed by atoms with Gasteiger partial charge < -0.3 is 21.1 Å². The van der Waals surface area contributed by atoms with Crippen molar-refractivity contribution in [3.05, 3.63) is 76.8 Å². The van der Waals surface area contributed by atoms with Gasteiger partial charge in [0.15, 0.2) is 10.1 Å². The maximum atomic E-state index is 13.3. The Morgan fingerprint density at radius 1 is 1.17 bits per heavy atom. The Balaban J connectivity index is 1.36. The number of nitrogens with one attached hydrogen (secondary N) is 2. The lowest BCUT2D eigenvalue weighted by Crippen LogP contribution is -2.38. The number of aromatic nitrogens is 2. The number of allylic oxidation sites excluding steroid dienone is 3. The van der Waals surface area contributed by atoms with Gasteiger partial charge in [0.25, 0.3) is 0 Å². The highest BCUT2D eigenvalue weighted by Crippen LogP contribution is 2.47. The van der Waals surface area contributed by atoms with E-state index in [9.17, 15) is 19.6 Å². The molecule has 0 bridgehead atoms. The molecule has 2 heterocycles. The van der Waals surface area contributed by atoms with Crippen molar-refractivity contribution in [2.45, 2.75) is 36.4 Å². The molecule has 1 atom stereocenters. The van der Waals surface area contributed by atoms with Crippen LogP contribution in [0.1, 0.15) is 37.7 Å². The van der Waals surface area contributed by atoms with Crippen LogP contribution in [-0.2, 0) is 14.4 Å². The molecular formula is C29H27N7O4S2. The number of nitriles is 1. The highest BCUT2D eigenvalue weighted by Gasteiger charge is 2.41. The lowest BCUT2D eigenvalue weighted by atomic mass is 9.76. The number of carbonyl (C=O) groups excluding carboxylic acids is 3. The third-order valence-corrected chi connectivity index (χ3v) is 8.79. The maximum Gasteiger partial charge on any atom is 0.234 e. The second kappa shape index (κ2) is 12.5. The summed E-state index contributed by atoms with van der Waals surface area (Å²) in [5.41, 5.74) is 10.1. The fourth-order valence-electron chi connectivity index (χ4n) is 4.98. The van der Waals surface area contributed by atoms with Crippen molar-refractivity contribution in [1.82, 2.24) is 10.2 Å². The van der Waals surface area contributed by atoms with Crippen LogP contribution in [-0.4, -0.2) is 40.7 Å². The number of ether oxygens (including phenoxy) is 1. The van der Waals surface area contributed by atoms with E-state index in [-0.39, 0.29) is 34.7 Å². The van der Waals surface area contributed by atoms with E-state index in [1.807, 2.05) is 18.2 Å². The molecule has 214 valence electrons. The fourth-order valence-corrected chi connectivity index (χ4v) is 6.66. The summed E-state index contributed by atoms with van der Waals surface area (Å²) in [5, 5.41) is 24.7. The summed E-state index contributed by atoms with van der Waals surface area (Å²) in [6, 6.07) is 16.3. The number of nitrogens with two attached hydrogens (primary N) is 1. The molecule has 1 aromatic heterocycles. The standard InChI is InChI=1S/C29H27N7O4S2/c1-16(37)32-18-9-11-19(12-10-18)33-24(39)15-41-29-35-34-28(42-29)36-22-7-4-8-23(38)26(22)25(21(14-30)27(36)31)17-5-3-6-20(13-17)40-2/h3,5-6,9-13,25H,4,7-8,15,31H2,1-2H3,(H,32,37)(H,33,39). The molecule has 1 aliphatic carbocycles. The number of benzene rings is 2. The predicted molar refractivity (Wildman–Crippen MR) is 161 cm³/mol.